The Balaban J connectivity index is 2.14. The average Bonchev–Trinajstić information content (AvgIpc) is 2.48. The van der Waals surface area contributed by atoms with Crippen molar-refractivity contribution in [3.8, 4) is 0 Å². The Morgan fingerprint density at radius 1 is 1.15 bits per heavy atom. The average molecular weight is 272 g/mol. The first kappa shape index (κ1) is 15.1. The van der Waals surface area contributed by atoms with Gasteiger partial charge in [0.2, 0.25) is 0 Å². The molecule has 0 spiro atoms. The second kappa shape index (κ2) is 7.49. The van der Waals surface area contributed by atoms with Crippen molar-refractivity contribution in [2.45, 2.75) is 32.1 Å². The monoisotopic (exact) mass is 272 g/mol. The molecule has 1 aliphatic carbocycles. The lowest BCUT2D eigenvalue weighted by atomic mass is 9.83. The fourth-order valence-corrected chi connectivity index (χ4v) is 3.07. The van der Waals surface area contributed by atoms with Gasteiger partial charge in [-0.25, -0.2) is 0 Å². The number of nitrogens with one attached hydrogen (secondary N) is 1. The van der Waals surface area contributed by atoms with E-state index in [0.29, 0.717) is 0 Å². The molecule has 0 unspecified atom stereocenters. The van der Waals surface area contributed by atoms with Crippen LogP contribution in [0.1, 0.15) is 37.7 Å². The van der Waals surface area contributed by atoms with Gasteiger partial charge < -0.3 is 10.2 Å². The summed E-state index contributed by atoms with van der Waals surface area (Å²) in [5.74, 6) is 0.782. The Labute approximate surface area is 123 Å². The van der Waals surface area contributed by atoms with Crippen molar-refractivity contribution >= 4 is 11.8 Å². The van der Waals surface area contributed by atoms with Crippen LogP contribution in [-0.4, -0.2) is 27.7 Å². The van der Waals surface area contributed by atoms with Gasteiger partial charge in [0.15, 0.2) is 0 Å². The highest BCUT2D eigenvalue weighted by molar-refractivity contribution is 5.58. The topological polar surface area (TPSA) is 15.3 Å². The molecule has 1 saturated carbocycles. The van der Waals surface area contributed by atoms with E-state index < -0.39 is 0 Å². The fraction of sp³-hybridized carbons (Fsp3) is 0.556. The van der Waals surface area contributed by atoms with Crippen LogP contribution in [0.15, 0.2) is 29.8 Å². The highest BCUT2D eigenvalue weighted by Crippen LogP contribution is 2.30. The summed E-state index contributed by atoms with van der Waals surface area (Å²) in [6.07, 6.45) is 9.33. The van der Waals surface area contributed by atoms with Crippen LogP contribution in [0.25, 0.3) is 6.08 Å². The summed E-state index contributed by atoms with van der Waals surface area (Å²) in [5, 5.41) is 3.34. The minimum Gasteiger partial charge on any atom is -0.378 e. The molecule has 20 heavy (non-hydrogen) atoms. The van der Waals surface area contributed by atoms with Crippen LogP contribution in [0.5, 0.6) is 0 Å². The first-order valence-corrected chi connectivity index (χ1v) is 7.83. The van der Waals surface area contributed by atoms with Gasteiger partial charge in [-0.2, -0.15) is 0 Å². The summed E-state index contributed by atoms with van der Waals surface area (Å²) in [6, 6.07) is 8.86. The molecule has 0 amide bonds. The summed E-state index contributed by atoms with van der Waals surface area (Å²) >= 11 is 0. The van der Waals surface area contributed by atoms with Gasteiger partial charge in [-0.15, -0.1) is 0 Å². The van der Waals surface area contributed by atoms with Gasteiger partial charge in [0.25, 0.3) is 0 Å². The molecule has 1 aromatic rings. The van der Waals surface area contributed by atoms with E-state index in [1.807, 2.05) is 7.05 Å². The van der Waals surface area contributed by atoms with Gasteiger partial charge in [0.1, 0.15) is 0 Å². The Kier molecular flexibility index (Phi) is 5.66. The SMILES string of the molecule is CNC/C(=C/c1ccc(N(C)C)cc1)C1CCCCC1. The third kappa shape index (κ3) is 4.11. The Morgan fingerprint density at radius 2 is 1.80 bits per heavy atom. The molecular formula is C18H28N2. The quantitative estimate of drug-likeness (QED) is 0.873. The van der Waals surface area contributed by atoms with E-state index in [9.17, 15) is 0 Å². The summed E-state index contributed by atoms with van der Waals surface area (Å²) in [5.41, 5.74) is 4.16. The van der Waals surface area contributed by atoms with E-state index in [-0.39, 0.29) is 0 Å². The molecule has 2 nitrogen and oxygen atoms in total. The molecule has 0 aliphatic heterocycles. The van der Waals surface area contributed by atoms with Gasteiger partial charge in [0, 0.05) is 26.3 Å². The van der Waals surface area contributed by atoms with Crippen molar-refractivity contribution in [2.24, 2.45) is 5.92 Å². The lowest BCUT2D eigenvalue weighted by molar-refractivity contribution is 0.398. The number of hydrogen-bond acceptors (Lipinski definition) is 2. The van der Waals surface area contributed by atoms with Crippen molar-refractivity contribution in [1.29, 1.82) is 0 Å². The normalized spacial score (nSPS) is 17.2. The van der Waals surface area contributed by atoms with E-state index in [2.05, 4.69) is 54.7 Å². The maximum atomic E-state index is 3.34. The molecule has 0 atom stereocenters. The standard InChI is InChI=1S/C18H28N2/c1-19-14-17(16-7-5-4-6-8-16)13-15-9-11-18(12-10-15)20(2)3/h9-13,16,19H,4-8,14H2,1-3H3/b17-13-. The summed E-state index contributed by atoms with van der Waals surface area (Å²) in [6.45, 7) is 1.01. The molecule has 0 radical (unpaired) electrons. The number of hydrogen-bond donors (Lipinski definition) is 1. The number of benzene rings is 1. The van der Waals surface area contributed by atoms with E-state index in [0.717, 1.165) is 12.5 Å². The van der Waals surface area contributed by atoms with Gasteiger partial charge >= 0.3 is 0 Å². The summed E-state index contributed by atoms with van der Waals surface area (Å²) in [4.78, 5) is 2.14. The van der Waals surface area contributed by atoms with Crippen LogP contribution in [0.3, 0.4) is 0 Å². The Morgan fingerprint density at radius 3 is 2.35 bits per heavy atom. The summed E-state index contributed by atoms with van der Waals surface area (Å²) < 4.78 is 0. The zero-order valence-corrected chi connectivity index (χ0v) is 13.2. The predicted molar refractivity (Wildman–Crippen MR) is 89.2 cm³/mol. The maximum Gasteiger partial charge on any atom is 0.0361 e. The zero-order chi connectivity index (χ0) is 14.4. The van der Waals surface area contributed by atoms with Gasteiger partial charge in [-0.3, -0.25) is 0 Å². The van der Waals surface area contributed by atoms with Crippen molar-refractivity contribution in [2.75, 3.05) is 32.6 Å². The molecule has 0 heterocycles. The maximum absolute atomic E-state index is 3.34. The first-order chi connectivity index (χ1) is 9.70. The van der Waals surface area contributed by atoms with Gasteiger partial charge in [-0.1, -0.05) is 43.0 Å². The highest BCUT2D eigenvalue weighted by Gasteiger charge is 2.17. The number of nitrogens with zero attached hydrogens (tertiary/aromatic N) is 1. The van der Waals surface area contributed by atoms with Crippen LogP contribution >= 0.6 is 0 Å². The second-order valence-corrected chi connectivity index (χ2v) is 6.07. The van der Waals surface area contributed by atoms with Crippen LogP contribution in [0.2, 0.25) is 0 Å². The molecule has 0 bridgehead atoms. The van der Waals surface area contributed by atoms with Crippen LogP contribution in [0, 0.1) is 5.92 Å². The van der Waals surface area contributed by atoms with Crippen LogP contribution in [-0.2, 0) is 0 Å². The van der Waals surface area contributed by atoms with Crippen molar-refractivity contribution < 1.29 is 0 Å². The van der Waals surface area contributed by atoms with Crippen LogP contribution in [0.4, 0.5) is 5.69 Å². The van der Waals surface area contributed by atoms with Gasteiger partial charge in [0.05, 0.1) is 0 Å². The van der Waals surface area contributed by atoms with E-state index >= 15 is 0 Å². The smallest absolute Gasteiger partial charge is 0.0361 e. The molecule has 0 aromatic heterocycles. The third-order valence-corrected chi connectivity index (χ3v) is 4.27. The molecule has 1 aromatic carbocycles. The minimum absolute atomic E-state index is 0.782. The molecule has 1 N–H and O–H groups in total. The van der Waals surface area contributed by atoms with E-state index in [1.54, 1.807) is 5.57 Å². The molecule has 2 heteroatoms. The van der Waals surface area contributed by atoms with Gasteiger partial charge in [-0.05, 0) is 43.5 Å². The second-order valence-electron chi connectivity index (χ2n) is 6.07. The number of anilines is 1. The minimum atomic E-state index is 0.782. The lowest BCUT2D eigenvalue weighted by Crippen LogP contribution is -2.19. The molecule has 1 fully saturated rings. The molecule has 0 saturated heterocycles. The predicted octanol–water partition coefficient (Wildman–Crippen LogP) is 3.94. The van der Waals surface area contributed by atoms with E-state index in [4.69, 9.17) is 0 Å². The summed E-state index contributed by atoms with van der Waals surface area (Å²) in [7, 11) is 6.21. The van der Waals surface area contributed by atoms with Crippen LogP contribution < -0.4 is 10.2 Å². The Bertz CT molecular complexity index is 425. The Hall–Kier alpha value is -1.28. The van der Waals surface area contributed by atoms with Crippen molar-refractivity contribution in [3.63, 3.8) is 0 Å². The largest absolute Gasteiger partial charge is 0.378 e. The zero-order valence-electron chi connectivity index (χ0n) is 13.2. The highest BCUT2D eigenvalue weighted by atomic mass is 15.1. The third-order valence-electron chi connectivity index (χ3n) is 4.27. The molecule has 2 rings (SSSR count). The molecular weight excluding hydrogens is 244 g/mol. The lowest BCUT2D eigenvalue weighted by Gasteiger charge is -2.24. The number of rotatable bonds is 5. The fourth-order valence-electron chi connectivity index (χ4n) is 3.07. The van der Waals surface area contributed by atoms with Crippen molar-refractivity contribution in [3.05, 3.63) is 35.4 Å². The van der Waals surface area contributed by atoms with E-state index in [1.165, 1.54) is 43.4 Å². The number of likely N-dealkylation sites (N-methyl/N-ethyl adjacent to an activating group) is 1. The molecule has 1 aliphatic rings. The first-order valence-electron chi connectivity index (χ1n) is 7.83. The molecule has 110 valence electrons. The van der Waals surface area contributed by atoms with Crippen molar-refractivity contribution in [1.82, 2.24) is 5.32 Å².